The molecule has 0 saturated carbocycles. The molecule has 0 aliphatic carbocycles. The molecule has 0 bridgehead atoms. The van der Waals surface area contributed by atoms with Crippen molar-refractivity contribution < 1.29 is 0 Å². The topological polar surface area (TPSA) is 30.7 Å². The highest BCUT2D eigenvalue weighted by Crippen LogP contribution is 2.17. The summed E-state index contributed by atoms with van der Waals surface area (Å²) in [6.45, 7) is 8.68. The normalized spacial score (nSPS) is 15.7. The molecule has 0 fully saturated rings. The van der Waals surface area contributed by atoms with Crippen molar-refractivity contribution in [3.05, 3.63) is 11.9 Å². The molecule has 0 aliphatic heterocycles. The zero-order valence-electron chi connectivity index (χ0n) is 8.99. The zero-order chi connectivity index (χ0) is 9.84. The minimum Gasteiger partial charge on any atom is -0.250 e. The molecule has 74 valence electrons. The average molecular weight is 181 g/mol. The van der Waals surface area contributed by atoms with Crippen LogP contribution in [-0.4, -0.2) is 15.0 Å². The SMILES string of the molecule is CCC(C)c1cn([C@H](C)CC)nn1. The highest BCUT2D eigenvalue weighted by Gasteiger charge is 2.09. The molecule has 3 nitrogen and oxygen atoms in total. The molecular weight excluding hydrogens is 162 g/mol. The maximum absolute atomic E-state index is 4.17. The number of rotatable bonds is 4. The van der Waals surface area contributed by atoms with Gasteiger partial charge in [-0.25, -0.2) is 4.68 Å². The van der Waals surface area contributed by atoms with Gasteiger partial charge in [0.05, 0.1) is 11.7 Å². The Balaban J connectivity index is 2.74. The van der Waals surface area contributed by atoms with Crippen LogP contribution in [-0.2, 0) is 0 Å². The molecule has 1 unspecified atom stereocenters. The van der Waals surface area contributed by atoms with E-state index in [1.54, 1.807) is 0 Å². The molecule has 0 amide bonds. The number of nitrogens with zero attached hydrogens (tertiary/aromatic N) is 3. The largest absolute Gasteiger partial charge is 0.250 e. The van der Waals surface area contributed by atoms with Crippen molar-refractivity contribution in [3.63, 3.8) is 0 Å². The van der Waals surface area contributed by atoms with E-state index in [0.29, 0.717) is 12.0 Å². The van der Waals surface area contributed by atoms with E-state index in [4.69, 9.17) is 0 Å². The lowest BCUT2D eigenvalue weighted by Gasteiger charge is -2.06. The Labute approximate surface area is 80.1 Å². The monoisotopic (exact) mass is 181 g/mol. The Bertz CT molecular complexity index is 230. The van der Waals surface area contributed by atoms with Gasteiger partial charge in [0, 0.05) is 12.1 Å². The van der Waals surface area contributed by atoms with E-state index in [9.17, 15) is 0 Å². The van der Waals surface area contributed by atoms with Gasteiger partial charge in [-0.15, -0.1) is 5.10 Å². The average Bonchev–Trinajstić information content (AvgIpc) is 2.64. The molecule has 1 rings (SSSR count). The summed E-state index contributed by atoms with van der Waals surface area (Å²) in [7, 11) is 0. The van der Waals surface area contributed by atoms with Gasteiger partial charge in [-0.1, -0.05) is 26.0 Å². The lowest BCUT2D eigenvalue weighted by Crippen LogP contribution is -2.04. The first-order valence-corrected chi connectivity index (χ1v) is 5.10. The van der Waals surface area contributed by atoms with Crippen LogP contribution in [0.1, 0.15) is 58.2 Å². The van der Waals surface area contributed by atoms with Crippen LogP contribution in [0.3, 0.4) is 0 Å². The Morgan fingerprint density at radius 3 is 2.54 bits per heavy atom. The lowest BCUT2D eigenvalue weighted by atomic mass is 10.1. The summed E-state index contributed by atoms with van der Waals surface area (Å²) >= 11 is 0. The second-order valence-electron chi connectivity index (χ2n) is 3.69. The first kappa shape index (κ1) is 10.2. The smallest absolute Gasteiger partial charge is 0.0855 e. The predicted molar refractivity (Wildman–Crippen MR) is 53.7 cm³/mol. The molecule has 1 aromatic heterocycles. The highest BCUT2D eigenvalue weighted by molar-refractivity contribution is 5.00. The van der Waals surface area contributed by atoms with Gasteiger partial charge in [-0.2, -0.15) is 0 Å². The summed E-state index contributed by atoms with van der Waals surface area (Å²) in [6, 6.07) is 0.463. The van der Waals surface area contributed by atoms with Crippen LogP contribution in [0.5, 0.6) is 0 Å². The maximum Gasteiger partial charge on any atom is 0.0855 e. The van der Waals surface area contributed by atoms with E-state index in [2.05, 4.69) is 44.2 Å². The van der Waals surface area contributed by atoms with Crippen LogP contribution in [0.25, 0.3) is 0 Å². The van der Waals surface area contributed by atoms with Crippen molar-refractivity contribution in [1.82, 2.24) is 15.0 Å². The molecule has 1 heterocycles. The van der Waals surface area contributed by atoms with Gasteiger partial charge < -0.3 is 0 Å². The standard InChI is InChI=1S/C10H19N3/c1-5-8(3)10-7-13(12-11-10)9(4)6-2/h7-9H,5-6H2,1-4H3/t8?,9-/m1/s1. The second kappa shape index (κ2) is 4.40. The number of hydrogen-bond donors (Lipinski definition) is 0. The van der Waals surface area contributed by atoms with Gasteiger partial charge in [0.15, 0.2) is 0 Å². The molecule has 0 aromatic carbocycles. The minimum atomic E-state index is 0.463. The van der Waals surface area contributed by atoms with E-state index in [0.717, 1.165) is 18.5 Å². The summed E-state index contributed by atoms with van der Waals surface area (Å²) < 4.78 is 1.96. The molecule has 0 saturated heterocycles. The van der Waals surface area contributed by atoms with Gasteiger partial charge in [-0.3, -0.25) is 0 Å². The fraction of sp³-hybridized carbons (Fsp3) is 0.800. The van der Waals surface area contributed by atoms with Gasteiger partial charge in [-0.05, 0) is 19.8 Å². The summed E-state index contributed by atoms with van der Waals surface area (Å²) in [5.74, 6) is 0.526. The van der Waals surface area contributed by atoms with Gasteiger partial charge in [0.1, 0.15) is 0 Å². The highest BCUT2D eigenvalue weighted by atomic mass is 15.4. The molecule has 2 atom stereocenters. The molecule has 0 aliphatic rings. The van der Waals surface area contributed by atoms with Crippen molar-refractivity contribution >= 4 is 0 Å². The first-order chi connectivity index (χ1) is 6.19. The van der Waals surface area contributed by atoms with Crippen molar-refractivity contribution in [3.8, 4) is 0 Å². The van der Waals surface area contributed by atoms with Gasteiger partial charge >= 0.3 is 0 Å². The Hall–Kier alpha value is -0.860. The third kappa shape index (κ3) is 2.29. The van der Waals surface area contributed by atoms with Crippen molar-refractivity contribution in [2.24, 2.45) is 0 Å². The van der Waals surface area contributed by atoms with E-state index >= 15 is 0 Å². The molecule has 0 N–H and O–H groups in total. The molecular formula is C10H19N3. The third-order valence-electron chi connectivity index (χ3n) is 2.69. The Morgan fingerprint density at radius 1 is 1.31 bits per heavy atom. The second-order valence-corrected chi connectivity index (χ2v) is 3.69. The van der Waals surface area contributed by atoms with Crippen molar-refractivity contribution in [2.45, 2.75) is 52.5 Å². The summed E-state index contributed by atoms with van der Waals surface area (Å²) in [5.41, 5.74) is 1.11. The van der Waals surface area contributed by atoms with Crippen LogP contribution in [0.15, 0.2) is 6.20 Å². The summed E-state index contributed by atoms with van der Waals surface area (Å²) in [6.07, 6.45) is 4.30. The fourth-order valence-corrected chi connectivity index (χ4v) is 1.13. The van der Waals surface area contributed by atoms with E-state index < -0.39 is 0 Å². The Kier molecular flexibility index (Phi) is 3.46. The van der Waals surface area contributed by atoms with Gasteiger partial charge in [0.25, 0.3) is 0 Å². The molecule has 0 radical (unpaired) electrons. The van der Waals surface area contributed by atoms with Crippen LogP contribution < -0.4 is 0 Å². The van der Waals surface area contributed by atoms with Crippen molar-refractivity contribution in [2.75, 3.05) is 0 Å². The van der Waals surface area contributed by atoms with Crippen molar-refractivity contribution in [1.29, 1.82) is 0 Å². The maximum atomic E-state index is 4.17. The van der Waals surface area contributed by atoms with E-state index in [-0.39, 0.29) is 0 Å². The van der Waals surface area contributed by atoms with E-state index in [1.165, 1.54) is 0 Å². The summed E-state index contributed by atoms with van der Waals surface area (Å²) in [5, 5.41) is 8.29. The molecule has 1 aromatic rings. The zero-order valence-corrected chi connectivity index (χ0v) is 8.99. The molecule has 3 heteroatoms. The third-order valence-corrected chi connectivity index (χ3v) is 2.69. The fourth-order valence-electron chi connectivity index (χ4n) is 1.13. The number of hydrogen-bond acceptors (Lipinski definition) is 2. The van der Waals surface area contributed by atoms with Gasteiger partial charge in [0.2, 0.25) is 0 Å². The number of aromatic nitrogens is 3. The minimum absolute atomic E-state index is 0.463. The van der Waals surface area contributed by atoms with E-state index in [1.807, 2.05) is 4.68 Å². The van der Waals surface area contributed by atoms with Crippen LogP contribution >= 0.6 is 0 Å². The molecule has 0 spiro atoms. The predicted octanol–water partition coefficient (Wildman–Crippen LogP) is 2.76. The van der Waals surface area contributed by atoms with Crippen LogP contribution in [0.4, 0.5) is 0 Å². The Morgan fingerprint density at radius 2 is 2.00 bits per heavy atom. The first-order valence-electron chi connectivity index (χ1n) is 5.10. The van der Waals surface area contributed by atoms with Crippen LogP contribution in [0, 0.1) is 0 Å². The summed E-state index contributed by atoms with van der Waals surface area (Å²) in [4.78, 5) is 0. The van der Waals surface area contributed by atoms with Crippen LogP contribution in [0.2, 0.25) is 0 Å². The molecule has 13 heavy (non-hydrogen) atoms. The lowest BCUT2D eigenvalue weighted by molar-refractivity contribution is 0.464. The quantitative estimate of drug-likeness (QED) is 0.715.